The van der Waals surface area contributed by atoms with E-state index >= 15 is 0 Å². The summed E-state index contributed by atoms with van der Waals surface area (Å²) in [6, 6.07) is 11.5. The number of pyridine rings is 2. The molecule has 13 heteroatoms. The van der Waals surface area contributed by atoms with Crippen molar-refractivity contribution in [2.45, 2.75) is 12.8 Å². The number of nitrogens with one attached hydrogen (secondary N) is 1. The first kappa shape index (κ1) is 25.2. The van der Waals surface area contributed by atoms with Crippen LogP contribution in [0.5, 0.6) is 5.75 Å². The number of aromatic amines is 1. The first-order valence-corrected chi connectivity index (χ1v) is 10.6. The number of nitrogens with two attached hydrogens (primary N) is 1. The predicted octanol–water partition coefficient (Wildman–Crippen LogP) is 3.82. The van der Waals surface area contributed by atoms with E-state index < -0.39 is 18.1 Å². The Morgan fingerprint density at radius 1 is 1.14 bits per heavy atom. The van der Waals surface area contributed by atoms with Gasteiger partial charge in [-0.15, -0.1) is 0 Å². The summed E-state index contributed by atoms with van der Waals surface area (Å²) >= 11 is 0. The number of primary amides is 1. The quantitative estimate of drug-likeness (QED) is 0.324. The number of aliphatic carboxylic acids is 1. The highest BCUT2D eigenvalue weighted by molar-refractivity contribution is 6.06. The van der Waals surface area contributed by atoms with Crippen LogP contribution in [0.1, 0.15) is 16.1 Å². The van der Waals surface area contributed by atoms with Crippen molar-refractivity contribution < 1.29 is 32.6 Å². The molecule has 0 unspecified atom stereocenters. The van der Waals surface area contributed by atoms with Crippen molar-refractivity contribution in [2.75, 3.05) is 0 Å². The van der Waals surface area contributed by atoms with Crippen LogP contribution in [0.3, 0.4) is 0 Å². The van der Waals surface area contributed by atoms with Gasteiger partial charge in [-0.3, -0.25) is 14.9 Å². The van der Waals surface area contributed by atoms with Crippen LogP contribution >= 0.6 is 0 Å². The lowest BCUT2D eigenvalue weighted by Crippen LogP contribution is -2.21. The van der Waals surface area contributed by atoms with E-state index in [0.29, 0.717) is 12.3 Å². The summed E-state index contributed by atoms with van der Waals surface area (Å²) in [5.41, 5.74) is 9.99. The molecule has 0 saturated heterocycles. The molecule has 0 aliphatic carbocycles. The zero-order valence-corrected chi connectivity index (χ0v) is 19.2. The number of aromatic nitrogens is 5. The number of carbonyl (C=O) groups is 2. The van der Waals surface area contributed by atoms with Crippen LogP contribution in [0.15, 0.2) is 61.2 Å². The largest absolute Gasteiger partial charge is 0.490 e. The number of carboxylic acid groups (broad SMARTS) is 1. The number of halogens is 3. The molecule has 0 aliphatic rings. The molecule has 0 aliphatic heterocycles. The molecule has 4 aromatic heterocycles. The summed E-state index contributed by atoms with van der Waals surface area (Å²) in [5.74, 6) is -2.60. The summed E-state index contributed by atoms with van der Waals surface area (Å²) in [5, 5.41) is 15.8. The van der Waals surface area contributed by atoms with Gasteiger partial charge < -0.3 is 20.1 Å². The zero-order valence-electron chi connectivity index (χ0n) is 19.2. The van der Waals surface area contributed by atoms with E-state index in [1.165, 1.54) is 0 Å². The average Bonchev–Trinajstić information content (AvgIpc) is 3.47. The summed E-state index contributed by atoms with van der Waals surface area (Å²) in [7, 11) is 1.98. The van der Waals surface area contributed by atoms with Crippen molar-refractivity contribution in [3.63, 3.8) is 0 Å². The van der Waals surface area contributed by atoms with Gasteiger partial charge in [-0.25, -0.2) is 9.78 Å². The molecule has 0 atom stereocenters. The third-order valence-corrected chi connectivity index (χ3v) is 5.30. The highest BCUT2D eigenvalue weighted by Crippen LogP contribution is 2.36. The molecular formula is C24H19F3N6O4. The van der Waals surface area contributed by atoms with E-state index in [1.54, 1.807) is 24.7 Å². The summed E-state index contributed by atoms with van der Waals surface area (Å²) in [6.45, 7) is 0.425. The fourth-order valence-electron chi connectivity index (χ4n) is 3.60. The minimum Gasteiger partial charge on any atom is -0.489 e. The van der Waals surface area contributed by atoms with Crippen LogP contribution in [-0.4, -0.2) is 47.9 Å². The number of H-pyrrole nitrogens is 1. The van der Waals surface area contributed by atoms with Crippen molar-refractivity contribution in [3.8, 4) is 16.9 Å². The summed E-state index contributed by atoms with van der Waals surface area (Å²) < 4.78 is 39.8. The van der Waals surface area contributed by atoms with Crippen LogP contribution < -0.4 is 10.5 Å². The second-order valence-corrected chi connectivity index (χ2v) is 7.84. The van der Waals surface area contributed by atoms with E-state index in [4.69, 9.17) is 20.4 Å². The Balaban J connectivity index is 0.000000405. The topological polar surface area (TPSA) is 149 Å². The minimum atomic E-state index is -5.08. The van der Waals surface area contributed by atoms with Crippen molar-refractivity contribution in [2.24, 2.45) is 12.8 Å². The molecule has 5 aromatic rings. The highest BCUT2D eigenvalue weighted by atomic mass is 19.4. The van der Waals surface area contributed by atoms with Crippen molar-refractivity contribution >= 4 is 33.8 Å². The Bertz CT molecular complexity index is 1600. The van der Waals surface area contributed by atoms with Gasteiger partial charge in [0, 0.05) is 53.1 Å². The van der Waals surface area contributed by atoms with Gasteiger partial charge in [-0.2, -0.15) is 18.3 Å². The maximum Gasteiger partial charge on any atom is 0.490 e. The Morgan fingerprint density at radius 3 is 2.54 bits per heavy atom. The summed E-state index contributed by atoms with van der Waals surface area (Å²) in [6.07, 6.45) is 2.15. The van der Waals surface area contributed by atoms with E-state index in [2.05, 4.69) is 20.2 Å². The van der Waals surface area contributed by atoms with E-state index in [9.17, 15) is 18.0 Å². The lowest BCUT2D eigenvalue weighted by atomic mass is 10.0. The molecule has 0 radical (unpaired) electrons. The van der Waals surface area contributed by atoms with Gasteiger partial charge in [0.1, 0.15) is 18.1 Å². The normalized spacial score (nSPS) is 11.2. The number of aryl methyl sites for hydroxylation is 1. The van der Waals surface area contributed by atoms with Crippen molar-refractivity contribution in [1.29, 1.82) is 0 Å². The number of alkyl halides is 3. The number of nitrogens with zero attached hydrogens (tertiary/aromatic N) is 4. The minimum absolute atomic E-state index is 0.183. The van der Waals surface area contributed by atoms with E-state index in [0.717, 1.165) is 38.7 Å². The maximum absolute atomic E-state index is 11.8. The zero-order chi connectivity index (χ0) is 26.7. The standard InChI is InChI=1S/C22H18N6O2.C2HF3O2/c1-28-11-18(15-8-19(21(23)29)26-22-17(15)10-25-27-22)16-7-14(4-5-20(16)28)30-12-13-3-2-6-24-9-13;3-2(4,5)1(6)7/h2-11H,12H2,1H3,(H2,23,29)(H,25,26,27);(H,6,7). The van der Waals surface area contributed by atoms with Gasteiger partial charge in [-0.1, -0.05) is 6.07 Å². The molecule has 4 N–H and O–H groups in total. The Hall–Kier alpha value is -4.94. The molecule has 1 amide bonds. The smallest absolute Gasteiger partial charge is 0.489 e. The van der Waals surface area contributed by atoms with Crippen LogP contribution in [0.4, 0.5) is 13.2 Å². The Labute approximate surface area is 206 Å². The third-order valence-electron chi connectivity index (χ3n) is 5.30. The number of benzene rings is 1. The van der Waals surface area contributed by atoms with Crippen LogP contribution in [0.25, 0.3) is 33.1 Å². The molecular weight excluding hydrogens is 493 g/mol. The van der Waals surface area contributed by atoms with Crippen LogP contribution in [-0.2, 0) is 18.4 Å². The fourth-order valence-corrected chi connectivity index (χ4v) is 3.60. The molecule has 5 rings (SSSR count). The molecule has 0 spiro atoms. The number of carboxylic acids is 1. The van der Waals surface area contributed by atoms with E-state index in [-0.39, 0.29) is 5.69 Å². The van der Waals surface area contributed by atoms with Crippen molar-refractivity contribution in [3.05, 3.63) is 72.4 Å². The van der Waals surface area contributed by atoms with Crippen molar-refractivity contribution in [1.82, 2.24) is 24.7 Å². The lowest BCUT2D eigenvalue weighted by molar-refractivity contribution is -0.192. The molecule has 1 aromatic carbocycles. The second kappa shape index (κ2) is 9.97. The molecule has 0 bridgehead atoms. The Morgan fingerprint density at radius 2 is 1.89 bits per heavy atom. The predicted molar refractivity (Wildman–Crippen MR) is 127 cm³/mol. The number of hydrogen-bond donors (Lipinski definition) is 3. The number of fused-ring (bicyclic) bond motifs is 2. The number of ether oxygens (including phenoxy) is 1. The van der Waals surface area contributed by atoms with Gasteiger partial charge in [0.15, 0.2) is 5.65 Å². The van der Waals surface area contributed by atoms with Crippen LogP contribution in [0.2, 0.25) is 0 Å². The van der Waals surface area contributed by atoms with Gasteiger partial charge in [0.25, 0.3) is 5.91 Å². The lowest BCUT2D eigenvalue weighted by Gasteiger charge is -2.08. The number of carbonyl (C=O) groups excluding carboxylic acids is 1. The van der Waals surface area contributed by atoms with Gasteiger partial charge in [-0.05, 0) is 35.9 Å². The number of hydrogen-bond acceptors (Lipinski definition) is 6. The molecule has 0 fully saturated rings. The highest BCUT2D eigenvalue weighted by Gasteiger charge is 2.38. The number of amides is 1. The average molecular weight is 512 g/mol. The van der Waals surface area contributed by atoms with Crippen LogP contribution in [0, 0.1) is 0 Å². The van der Waals surface area contributed by atoms with Gasteiger partial charge in [0.2, 0.25) is 0 Å². The monoisotopic (exact) mass is 512 g/mol. The number of rotatable bonds is 5. The SMILES string of the molecule is Cn1cc(-c2cc(C(N)=O)nc3[nH]ncc23)c2cc(OCc3cccnc3)ccc21.O=C(O)C(F)(F)F. The first-order valence-electron chi connectivity index (χ1n) is 10.6. The first-order chi connectivity index (χ1) is 17.5. The fraction of sp³-hybridized carbons (Fsp3) is 0.125. The Kier molecular flexibility index (Phi) is 6.78. The molecule has 37 heavy (non-hydrogen) atoms. The molecule has 10 nitrogen and oxygen atoms in total. The third kappa shape index (κ3) is 5.50. The van der Waals surface area contributed by atoms with E-state index in [1.807, 2.05) is 48.1 Å². The van der Waals surface area contributed by atoms with Gasteiger partial charge in [0.05, 0.1) is 6.20 Å². The summed E-state index contributed by atoms with van der Waals surface area (Å²) in [4.78, 5) is 29.1. The molecule has 0 saturated carbocycles. The second-order valence-electron chi connectivity index (χ2n) is 7.84. The maximum atomic E-state index is 11.8. The molecule has 4 heterocycles. The van der Waals surface area contributed by atoms with Gasteiger partial charge >= 0.3 is 12.1 Å². The molecule has 190 valence electrons.